The molecule has 1 aromatic carbocycles. The summed E-state index contributed by atoms with van der Waals surface area (Å²) in [4.78, 5) is 8.04. The molecule has 0 N–H and O–H groups in total. The third-order valence-electron chi connectivity index (χ3n) is 2.49. The smallest absolute Gasteiger partial charge is 0.194 e. The van der Waals surface area contributed by atoms with Crippen LogP contribution >= 0.6 is 23.2 Å². The second-order valence-corrected chi connectivity index (χ2v) is 9.46. The van der Waals surface area contributed by atoms with E-state index in [9.17, 15) is 16.8 Å². The SMILES string of the molecule is CS(=O)(=O)Cc1nc2cc(Cl)c(Cl)cc2nc1S(C)(=O)=O. The maximum Gasteiger partial charge on any atom is 0.194 e. The summed E-state index contributed by atoms with van der Waals surface area (Å²) in [6.45, 7) is 0. The molecule has 0 unspecified atom stereocenters. The minimum atomic E-state index is -3.73. The molecule has 10 heteroatoms. The van der Waals surface area contributed by atoms with E-state index >= 15 is 0 Å². The Balaban J connectivity index is 2.84. The van der Waals surface area contributed by atoms with Crippen molar-refractivity contribution in [3.8, 4) is 0 Å². The number of fused-ring (bicyclic) bond motifs is 1. The van der Waals surface area contributed by atoms with Gasteiger partial charge in [-0.1, -0.05) is 23.2 Å². The molecule has 0 saturated heterocycles. The number of halogens is 2. The lowest BCUT2D eigenvalue weighted by atomic mass is 10.3. The molecular formula is C11H10Cl2N2O4S2. The van der Waals surface area contributed by atoms with Crippen LogP contribution in [-0.4, -0.2) is 39.3 Å². The molecule has 0 aliphatic heterocycles. The summed E-state index contributed by atoms with van der Waals surface area (Å²) in [5.41, 5.74) is 0.364. The molecule has 2 aromatic rings. The van der Waals surface area contributed by atoms with E-state index in [1.807, 2.05) is 0 Å². The maximum absolute atomic E-state index is 11.8. The van der Waals surface area contributed by atoms with Crippen LogP contribution in [0.1, 0.15) is 5.69 Å². The predicted molar refractivity (Wildman–Crippen MR) is 81.2 cm³/mol. The monoisotopic (exact) mass is 368 g/mol. The summed E-state index contributed by atoms with van der Waals surface area (Å²) < 4.78 is 46.4. The standard InChI is InChI=1S/C11H10Cl2N2O4S2/c1-20(16,17)5-10-11(21(2,18)19)15-9-4-7(13)6(12)3-8(9)14-10/h3-4H,5H2,1-2H3. The van der Waals surface area contributed by atoms with Gasteiger partial charge in [-0.05, 0) is 12.1 Å². The lowest BCUT2D eigenvalue weighted by Crippen LogP contribution is -2.12. The van der Waals surface area contributed by atoms with Gasteiger partial charge in [0, 0.05) is 12.5 Å². The highest BCUT2D eigenvalue weighted by Crippen LogP contribution is 2.27. The average molecular weight is 369 g/mol. The van der Waals surface area contributed by atoms with E-state index in [4.69, 9.17) is 23.2 Å². The lowest BCUT2D eigenvalue weighted by molar-refractivity contribution is 0.594. The Morgan fingerprint density at radius 1 is 0.952 bits per heavy atom. The minimum absolute atomic E-state index is 0.133. The summed E-state index contributed by atoms with van der Waals surface area (Å²) in [5, 5.41) is 0.0449. The van der Waals surface area contributed by atoms with E-state index in [-0.39, 0.29) is 31.8 Å². The molecule has 2 rings (SSSR count). The zero-order valence-electron chi connectivity index (χ0n) is 11.0. The highest BCUT2D eigenvalue weighted by atomic mass is 35.5. The van der Waals surface area contributed by atoms with Gasteiger partial charge in [-0.15, -0.1) is 0 Å². The van der Waals surface area contributed by atoms with Gasteiger partial charge < -0.3 is 0 Å². The zero-order chi connectivity index (χ0) is 16.0. The number of hydrogen-bond donors (Lipinski definition) is 0. The molecule has 1 aromatic heterocycles. The number of hydrogen-bond acceptors (Lipinski definition) is 6. The fraction of sp³-hybridized carbons (Fsp3) is 0.273. The second kappa shape index (κ2) is 5.35. The van der Waals surface area contributed by atoms with Crippen LogP contribution in [0.3, 0.4) is 0 Å². The quantitative estimate of drug-likeness (QED) is 0.820. The summed E-state index contributed by atoms with van der Waals surface area (Å²) in [6, 6.07) is 2.79. The molecular weight excluding hydrogens is 359 g/mol. The van der Waals surface area contributed by atoms with Crippen LogP contribution in [0.4, 0.5) is 0 Å². The molecule has 0 spiro atoms. The fourth-order valence-electron chi connectivity index (χ4n) is 1.71. The van der Waals surface area contributed by atoms with Crippen molar-refractivity contribution < 1.29 is 16.8 Å². The van der Waals surface area contributed by atoms with Crippen LogP contribution in [0.25, 0.3) is 11.0 Å². The van der Waals surface area contributed by atoms with E-state index in [0.717, 1.165) is 12.5 Å². The molecule has 1 heterocycles. The van der Waals surface area contributed by atoms with Crippen molar-refractivity contribution in [2.75, 3.05) is 12.5 Å². The number of benzene rings is 1. The molecule has 0 bridgehead atoms. The molecule has 0 radical (unpaired) electrons. The fourth-order valence-corrected chi connectivity index (χ4v) is 3.63. The van der Waals surface area contributed by atoms with Crippen LogP contribution in [0.2, 0.25) is 10.0 Å². The number of rotatable bonds is 3. The van der Waals surface area contributed by atoms with E-state index in [0.29, 0.717) is 0 Å². The van der Waals surface area contributed by atoms with Crippen molar-refractivity contribution in [1.82, 2.24) is 9.97 Å². The average Bonchev–Trinajstić information content (AvgIpc) is 2.27. The second-order valence-electron chi connectivity index (χ2n) is 4.57. The van der Waals surface area contributed by atoms with Gasteiger partial charge in [-0.3, -0.25) is 0 Å². The summed E-state index contributed by atoms with van der Waals surface area (Å²) >= 11 is 11.7. The molecule has 0 atom stereocenters. The minimum Gasteiger partial charge on any atom is -0.247 e. The first kappa shape index (κ1) is 16.4. The molecule has 0 fully saturated rings. The molecule has 0 amide bonds. The predicted octanol–water partition coefficient (Wildman–Crippen LogP) is 1.88. The van der Waals surface area contributed by atoms with Crippen LogP contribution in [0.5, 0.6) is 0 Å². The molecule has 0 aliphatic rings. The third kappa shape index (κ3) is 3.82. The van der Waals surface area contributed by atoms with Crippen LogP contribution in [0.15, 0.2) is 17.2 Å². The topological polar surface area (TPSA) is 94.1 Å². The Labute approximate surface area is 132 Å². The third-order valence-corrected chi connectivity index (χ3v) is 5.04. The summed E-state index contributed by atoms with van der Waals surface area (Å²) in [6.07, 6.45) is 1.92. The highest BCUT2D eigenvalue weighted by Gasteiger charge is 2.21. The van der Waals surface area contributed by atoms with Crippen molar-refractivity contribution in [3.63, 3.8) is 0 Å². The van der Waals surface area contributed by atoms with Crippen molar-refractivity contribution in [2.24, 2.45) is 0 Å². The number of sulfone groups is 2. The Morgan fingerprint density at radius 3 is 1.86 bits per heavy atom. The van der Waals surface area contributed by atoms with Crippen molar-refractivity contribution >= 4 is 53.9 Å². The van der Waals surface area contributed by atoms with Gasteiger partial charge in [-0.25, -0.2) is 26.8 Å². The first-order valence-electron chi connectivity index (χ1n) is 5.51. The van der Waals surface area contributed by atoms with Crippen molar-refractivity contribution in [1.29, 1.82) is 0 Å². The molecule has 114 valence electrons. The number of nitrogens with zero attached hydrogens (tertiary/aromatic N) is 2. The van der Waals surface area contributed by atoms with Gasteiger partial charge in [0.25, 0.3) is 0 Å². The van der Waals surface area contributed by atoms with Crippen LogP contribution in [-0.2, 0) is 25.4 Å². The Bertz CT molecular complexity index is 940. The van der Waals surface area contributed by atoms with E-state index < -0.39 is 25.4 Å². The lowest BCUT2D eigenvalue weighted by Gasteiger charge is -2.08. The van der Waals surface area contributed by atoms with Gasteiger partial charge in [0.05, 0.1) is 32.5 Å². The Hall–Kier alpha value is -0.960. The first-order valence-corrected chi connectivity index (χ1v) is 10.2. The Kier molecular flexibility index (Phi) is 4.18. The number of aromatic nitrogens is 2. The van der Waals surface area contributed by atoms with Crippen LogP contribution in [0, 0.1) is 0 Å². The van der Waals surface area contributed by atoms with E-state index in [1.165, 1.54) is 12.1 Å². The van der Waals surface area contributed by atoms with Gasteiger partial charge in [-0.2, -0.15) is 0 Å². The zero-order valence-corrected chi connectivity index (χ0v) is 14.1. The summed E-state index contributed by atoms with van der Waals surface area (Å²) in [5.74, 6) is -0.529. The van der Waals surface area contributed by atoms with Crippen molar-refractivity contribution in [2.45, 2.75) is 10.8 Å². The van der Waals surface area contributed by atoms with Crippen molar-refractivity contribution in [3.05, 3.63) is 27.9 Å². The largest absolute Gasteiger partial charge is 0.247 e. The normalized spacial score (nSPS) is 12.8. The Morgan fingerprint density at radius 2 is 1.43 bits per heavy atom. The molecule has 6 nitrogen and oxygen atoms in total. The van der Waals surface area contributed by atoms with E-state index in [1.54, 1.807) is 0 Å². The van der Waals surface area contributed by atoms with E-state index in [2.05, 4.69) is 9.97 Å². The van der Waals surface area contributed by atoms with Gasteiger partial charge in [0.2, 0.25) is 0 Å². The molecule has 0 saturated carbocycles. The summed E-state index contributed by atoms with van der Waals surface area (Å²) in [7, 11) is -7.21. The first-order chi connectivity index (χ1) is 9.47. The maximum atomic E-state index is 11.8. The van der Waals surface area contributed by atoms with Gasteiger partial charge in [0.1, 0.15) is 0 Å². The highest BCUT2D eigenvalue weighted by molar-refractivity contribution is 7.91. The van der Waals surface area contributed by atoms with Gasteiger partial charge >= 0.3 is 0 Å². The molecule has 21 heavy (non-hydrogen) atoms. The van der Waals surface area contributed by atoms with Crippen LogP contribution < -0.4 is 0 Å². The van der Waals surface area contributed by atoms with Gasteiger partial charge in [0.15, 0.2) is 24.7 Å². The molecule has 0 aliphatic carbocycles.